The summed E-state index contributed by atoms with van der Waals surface area (Å²) in [7, 11) is 4.32. The Kier molecular flexibility index (Phi) is 3.98. The van der Waals surface area contributed by atoms with E-state index in [-0.39, 0.29) is 6.04 Å². The summed E-state index contributed by atoms with van der Waals surface area (Å²) in [5, 5.41) is 0. The molecule has 1 aliphatic carbocycles. The average Bonchev–Trinajstić information content (AvgIpc) is 2.30. The summed E-state index contributed by atoms with van der Waals surface area (Å²) in [5.41, 5.74) is 0. The lowest BCUT2D eigenvalue weighted by Gasteiger charge is -2.40. The van der Waals surface area contributed by atoms with Crippen LogP contribution in [0.5, 0.6) is 0 Å². The first-order valence-corrected chi connectivity index (χ1v) is 6.61. The number of hydrogen-bond acceptors (Lipinski definition) is 3. The van der Waals surface area contributed by atoms with E-state index in [1.807, 2.05) is 0 Å². The maximum atomic E-state index is 11.9. The van der Waals surface area contributed by atoms with Crippen molar-refractivity contribution < 1.29 is 4.79 Å². The molecule has 1 saturated heterocycles. The van der Waals surface area contributed by atoms with Crippen LogP contribution in [-0.2, 0) is 4.79 Å². The van der Waals surface area contributed by atoms with Gasteiger partial charge in [-0.3, -0.25) is 9.69 Å². The average molecular weight is 224 g/mol. The molecule has 2 fully saturated rings. The van der Waals surface area contributed by atoms with Crippen LogP contribution >= 0.6 is 0 Å². The molecule has 3 nitrogen and oxygen atoms in total. The molecule has 0 spiro atoms. The molecule has 1 unspecified atom stereocenters. The highest BCUT2D eigenvalue weighted by atomic mass is 16.1. The van der Waals surface area contributed by atoms with Crippen LogP contribution in [0.1, 0.15) is 38.5 Å². The molecule has 2 rings (SSSR count). The van der Waals surface area contributed by atoms with Crippen molar-refractivity contribution in [3.05, 3.63) is 0 Å². The van der Waals surface area contributed by atoms with Gasteiger partial charge in [0.2, 0.25) is 0 Å². The van der Waals surface area contributed by atoms with E-state index in [1.54, 1.807) is 0 Å². The molecular weight excluding hydrogens is 200 g/mol. The second-order valence-corrected chi connectivity index (χ2v) is 5.46. The zero-order valence-corrected chi connectivity index (χ0v) is 10.6. The zero-order chi connectivity index (χ0) is 11.5. The van der Waals surface area contributed by atoms with Gasteiger partial charge in [0.25, 0.3) is 0 Å². The van der Waals surface area contributed by atoms with Crippen LogP contribution in [0.3, 0.4) is 0 Å². The van der Waals surface area contributed by atoms with E-state index in [2.05, 4.69) is 23.9 Å². The first kappa shape index (κ1) is 12.1. The molecule has 0 aromatic carbocycles. The number of Topliss-reactive ketones (excluding diaryl/α,β-unsaturated/α-hetero) is 1. The Morgan fingerprint density at radius 1 is 1.12 bits per heavy atom. The number of carbonyl (C=O) groups is 1. The first-order chi connectivity index (χ1) is 7.68. The van der Waals surface area contributed by atoms with E-state index >= 15 is 0 Å². The lowest BCUT2D eigenvalue weighted by molar-refractivity contribution is -0.126. The molecule has 0 aromatic heterocycles. The predicted molar refractivity (Wildman–Crippen MR) is 65.5 cm³/mol. The third-order valence-electron chi connectivity index (χ3n) is 4.19. The Hall–Kier alpha value is -0.410. The van der Waals surface area contributed by atoms with E-state index in [0.29, 0.717) is 5.78 Å². The fourth-order valence-corrected chi connectivity index (χ4v) is 3.06. The quantitative estimate of drug-likeness (QED) is 0.710. The molecule has 1 heterocycles. The number of rotatable bonds is 2. The smallest absolute Gasteiger partial charge is 0.149 e. The lowest BCUT2D eigenvalue weighted by Crippen LogP contribution is -2.49. The number of piperidine rings is 1. The van der Waals surface area contributed by atoms with Gasteiger partial charge < -0.3 is 4.90 Å². The molecule has 16 heavy (non-hydrogen) atoms. The molecular formula is C13H24N2O. The van der Waals surface area contributed by atoms with Crippen LogP contribution in [0.2, 0.25) is 0 Å². The summed E-state index contributed by atoms with van der Waals surface area (Å²) in [4.78, 5) is 16.6. The Morgan fingerprint density at radius 2 is 1.81 bits per heavy atom. The molecule has 0 aromatic rings. The molecule has 1 atom stereocenters. The summed E-state index contributed by atoms with van der Waals surface area (Å²) in [5.74, 6) is 0.495. The maximum Gasteiger partial charge on any atom is 0.149 e. The number of carbonyl (C=O) groups excluding carboxylic acids is 1. The van der Waals surface area contributed by atoms with Gasteiger partial charge in [-0.25, -0.2) is 0 Å². The van der Waals surface area contributed by atoms with Gasteiger partial charge in [-0.2, -0.15) is 0 Å². The molecule has 3 heteroatoms. The normalized spacial score (nSPS) is 29.9. The van der Waals surface area contributed by atoms with E-state index in [0.717, 1.165) is 38.4 Å². The van der Waals surface area contributed by atoms with Crippen molar-refractivity contribution >= 4 is 5.78 Å². The van der Waals surface area contributed by atoms with Crippen molar-refractivity contribution in [1.29, 1.82) is 0 Å². The van der Waals surface area contributed by atoms with E-state index < -0.39 is 0 Å². The number of hydrogen-bond donors (Lipinski definition) is 0. The van der Waals surface area contributed by atoms with Crippen molar-refractivity contribution in [3.8, 4) is 0 Å². The number of ketones is 1. The minimum Gasteiger partial charge on any atom is -0.306 e. The summed E-state index contributed by atoms with van der Waals surface area (Å²) >= 11 is 0. The third kappa shape index (κ3) is 2.64. The molecule has 0 radical (unpaired) electrons. The highest BCUT2D eigenvalue weighted by Crippen LogP contribution is 2.24. The Balaban J connectivity index is 1.86. The summed E-state index contributed by atoms with van der Waals surface area (Å²) in [6, 6.07) is 0.979. The van der Waals surface area contributed by atoms with Crippen molar-refractivity contribution in [2.24, 2.45) is 0 Å². The second-order valence-electron chi connectivity index (χ2n) is 5.46. The highest BCUT2D eigenvalue weighted by Gasteiger charge is 2.31. The van der Waals surface area contributed by atoms with E-state index in [4.69, 9.17) is 0 Å². The molecule has 92 valence electrons. The van der Waals surface area contributed by atoms with Gasteiger partial charge in [0, 0.05) is 25.6 Å². The van der Waals surface area contributed by atoms with Gasteiger partial charge >= 0.3 is 0 Å². The van der Waals surface area contributed by atoms with Gasteiger partial charge in [0.15, 0.2) is 0 Å². The van der Waals surface area contributed by atoms with E-state index in [9.17, 15) is 4.79 Å². The van der Waals surface area contributed by atoms with Gasteiger partial charge in [0.05, 0.1) is 6.04 Å². The van der Waals surface area contributed by atoms with Crippen molar-refractivity contribution in [2.75, 3.05) is 27.2 Å². The number of nitrogens with zero attached hydrogens (tertiary/aromatic N) is 2. The van der Waals surface area contributed by atoms with Crippen molar-refractivity contribution in [3.63, 3.8) is 0 Å². The number of likely N-dealkylation sites (tertiary alicyclic amines) is 1. The van der Waals surface area contributed by atoms with Gasteiger partial charge in [-0.1, -0.05) is 6.42 Å². The molecule has 1 aliphatic heterocycles. The fraction of sp³-hybridized carbons (Fsp3) is 0.923. The Bertz CT molecular complexity index is 244. The Labute approximate surface area is 98.8 Å². The van der Waals surface area contributed by atoms with Crippen LogP contribution in [0.15, 0.2) is 0 Å². The lowest BCUT2D eigenvalue weighted by atomic mass is 9.91. The third-order valence-corrected chi connectivity index (χ3v) is 4.19. The summed E-state index contributed by atoms with van der Waals surface area (Å²) in [6.07, 6.45) is 6.71. The zero-order valence-electron chi connectivity index (χ0n) is 10.6. The minimum absolute atomic E-state index is 0.261. The van der Waals surface area contributed by atoms with Crippen molar-refractivity contribution in [1.82, 2.24) is 9.80 Å². The van der Waals surface area contributed by atoms with Gasteiger partial charge in [0.1, 0.15) is 5.78 Å². The largest absolute Gasteiger partial charge is 0.306 e. The van der Waals surface area contributed by atoms with Crippen LogP contribution in [0.4, 0.5) is 0 Å². The van der Waals surface area contributed by atoms with Crippen LogP contribution in [-0.4, -0.2) is 54.9 Å². The van der Waals surface area contributed by atoms with Crippen molar-refractivity contribution in [2.45, 2.75) is 50.6 Å². The maximum absolute atomic E-state index is 11.9. The topological polar surface area (TPSA) is 23.6 Å². The van der Waals surface area contributed by atoms with Gasteiger partial charge in [-0.15, -0.1) is 0 Å². The van der Waals surface area contributed by atoms with Crippen LogP contribution < -0.4 is 0 Å². The monoisotopic (exact) mass is 224 g/mol. The predicted octanol–water partition coefficient (Wildman–Crippen LogP) is 1.52. The molecule has 1 saturated carbocycles. The summed E-state index contributed by atoms with van der Waals surface area (Å²) < 4.78 is 0. The Morgan fingerprint density at radius 3 is 2.38 bits per heavy atom. The fourth-order valence-electron chi connectivity index (χ4n) is 3.06. The van der Waals surface area contributed by atoms with Crippen LogP contribution in [0.25, 0.3) is 0 Å². The highest BCUT2D eigenvalue weighted by molar-refractivity contribution is 5.84. The van der Waals surface area contributed by atoms with Gasteiger partial charge in [-0.05, 0) is 39.8 Å². The standard InChI is InChI=1S/C13H24N2O/c1-14(2)11-7-9-15(10-8-11)12-5-3-4-6-13(12)16/h11-12H,3-10H2,1-2H3. The SMILES string of the molecule is CN(C)C1CCN(C2CCCCC2=O)CC1. The molecule has 2 aliphatic rings. The first-order valence-electron chi connectivity index (χ1n) is 6.61. The molecule has 0 N–H and O–H groups in total. The summed E-state index contributed by atoms with van der Waals surface area (Å²) in [6.45, 7) is 2.22. The van der Waals surface area contributed by atoms with E-state index in [1.165, 1.54) is 19.3 Å². The molecule has 0 bridgehead atoms. The minimum atomic E-state index is 0.261. The van der Waals surface area contributed by atoms with Crippen LogP contribution in [0, 0.1) is 0 Å². The molecule has 0 amide bonds. The second kappa shape index (κ2) is 5.28.